The zero-order valence-corrected chi connectivity index (χ0v) is 15.0. The highest BCUT2D eigenvalue weighted by atomic mass is 16.5. The first-order chi connectivity index (χ1) is 12.2. The van der Waals surface area contributed by atoms with Crippen molar-refractivity contribution in [3.05, 3.63) is 65.7 Å². The summed E-state index contributed by atoms with van der Waals surface area (Å²) in [5.41, 5.74) is 2.04. The van der Waals surface area contributed by atoms with Crippen molar-refractivity contribution >= 4 is 5.91 Å². The molecule has 1 amide bonds. The van der Waals surface area contributed by atoms with Gasteiger partial charge in [0.25, 0.3) is 5.91 Å². The fourth-order valence-corrected chi connectivity index (χ4v) is 3.43. The topological polar surface area (TPSA) is 32.8 Å². The molecule has 0 aromatic heterocycles. The van der Waals surface area contributed by atoms with Gasteiger partial charge < -0.3 is 9.64 Å². The van der Waals surface area contributed by atoms with Crippen LogP contribution in [0.15, 0.2) is 54.6 Å². The largest absolute Gasteiger partial charge is 0.497 e. The van der Waals surface area contributed by atoms with Gasteiger partial charge in [-0.25, -0.2) is 0 Å². The van der Waals surface area contributed by atoms with Gasteiger partial charge in [-0.15, -0.1) is 0 Å². The molecule has 132 valence electrons. The van der Waals surface area contributed by atoms with Crippen molar-refractivity contribution < 1.29 is 9.53 Å². The first kappa shape index (κ1) is 17.5. The molecule has 0 radical (unpaired) electrons. The van der Waals surface area contributed by atoms with Gasteiger partial charge in [0.05, 0.1) is 7.11 Å². The van der Waals surface area contributed by atoms with Crippen molar-refractivity contribution in [2.45, 2.75) is 25.4 Å². The Hall–Kier alpha value is -2.33. The molecule has 0 bridgehead atoms. The molecule has 0 unspecified atom stereocenters. The fraction of sp³-hybridized carbons (Fsp3) is 0.381. The van der Waals surface area contributed by atoms with E-state index in [0.717, 1.165) is 38.2 Å². The second kappa shape index (κ2) is 8.17. The summed E-state index contributed by atoms with van der Waals surface area (Å²) < 4.78 is 5.22. The zero-order valence-electron chi connectivity index (χ0n) is 15.0. The molecule has 0 aliphatic carbocycles. The van der Waals surface area contributed by atoms with Gasteiger partial charge in [0.15, 0.2) is 0 Å². The van der Waals surface area contributed by atoms with Gasteiger partial charge in [-0.05, 0) is 36.6 Å². The number of amides is 1. The molecular formula is C21H26N2O2. The molecule has 1 aliphatic heterocycles. The monoisotopic (exact) mass is 338 g/mol. The fourth-order valence-electron chi connectivity index (χ4n) is 3.43. The summed E-state index contributed by atoms with van der Waals surface area (Å²) >= 11 is 0. The van der Waals surface area contributed by atoms with Crippen LogP contribution >= 0.6 is 0 Å². The standard InChI is InChI=1S/C21H26N2O2/c1-22(21(24)18-9-6-10-20(15-18)25-2)19-11-13-23(14-12-19)16-17-7-4-3-5-8-17/h3-10,15,19H,11-14,16H2,1-2H3. The molecule has 0 spiro atoms. The smallest absolute Gasteiger partial charge is 0.253 e. The summed E-state index contributed by atoms with van der Waals surface area (Å²) in [4.78, 5) is 17.1. The lowest BCUT2D eigenvalue weighted by Crippen LogP contribution is -2.45. The van der Waals surface area contributed by atoms with Gasteiger partial charge in [0.2, 0.25) is 0 Å². The van der Waals surface area contributed by atoms with E-state index < -0.39 is 0 Å². The molecule has 1 heterocycles. The third kappa shape index (κ3) is 4.40. The maximum absolute atomic E-state index is 12.7. The zero-order chi connectivity index (χ0) is 17.6. The van der Waals surface area contributed by atoms with Crippen molar-refractivity contribution in [1.29, 1.82) is 0 Å². The Balaban J connectivity index is 1.55. The van der Waals surface area contributed by atoms with Crippen molar-refractivity contribution in [3.8, 4) is 5.75 Å². The molecule has 25 heavy (non-hydrogen) atoms. The van der Waals surface area contributed by atoms with Gasteiger partial charge in [-0.1, -0.05) is 36.4 Å². The van der Waals surface area contributed by atoms with Crippen molar-refractivity contribution in [2.24, 2.45) is 0 Å². The van der Waals surface area contributed by atoms with Crippen LogP contribution < -0.4 is 4.74 Å². The van der Waals surface area contributed by atoms with Crippen LogP contribution in [-0.2, 0) is 6.54 Å². The minimum atomic E-state index is 0.0698. The van der Waals surface area contributed by atoms with Crippen LogP contribution in [0.5, 0.6) is 5.75 Å². The maximum Gasteiger partial charge on any atom is 0.253 e. The SMILES string of the molecule is COc1cccc(C(=O)N(C)C2CCN(Cc3ccccc3)CC2)c1. The van der Waals surface area contributed by atoms with E-state index in [1.165, 1.54) is 5.56 Å². The molecule has 2 aromatic carbocycles. The second-order valence-electron chi connectivity index (χ2n) is 6.64. The van der Waals surface area contributed by atoms with Crippen LogP contribution in [-0.4, -0.2) is 49.0 Å². The number of carbonyl (C=O) groups is 1. The van der Waals surface area contributed by atoms with Crippen molar-refractivity contribution in [2.75, 3.05) is 27.2 Å². The maximum atomic E-state index is 12.7. The summed E-state index contributed by atoms with van der Waals surface area (Å²) in [5.74, 6) is 0.789. The number of benzene rings is 2. The molecule has 3 rings (SSSR count). The quantitative estimate of drug-likeness (QED) is 0.837. The lowest BCUT2D eigenvalue weighted by atomic mass is 10.0. The van der Waals surface area contributed by atoms with Crippen LogP contribution in [0.3, 0.4) is 0 Å². The molecule has 0 saturated carbocycles. The van der Waals surface area contributed by atoms with Crippen LogP contribution in [0.2, 0.25) is 0 Å². The van der Waals surface area contributed by atoms with E-state index >= 15 is 0 Å². The predicted molar refractivity (Wildman–Crippen MR) is 99.8 cm³/mol. The lowest BCUT2D eigenvalue weighted by molar-refractivity contribution is 0.0636. The summed E-state index contributed by atoms with van der Waals surface area (Å²) in [6.45, 7) is 3.03. The van der Waals surface area contributed by atoms with E-state index in [0.29, 0.717) is 11.6 Å². The van der Waals surface area contributed by atoms with E-state index in [9.17, 15) is 4.79 Å². The summed E-state index contributed by atoms with van der Waals surface area (Å²) in [6, 6.07) is 18.2. The Morgan fingerprint density at radius 1 is 1.12 bits per heavy atom. The molecule has 0 N–H and O–H groups in total. The van der Waals surface area contributed by atoms with Crippen molar-refractivity contribution in [3.63, 3.8) is 0 Å². The van der Waals surface area contributed by atoms with Crippen LogP contribution in [0, 0.1) is 0 Å². The summed E-state index contributed by atoms with van der Waals surface area (Å²) in [5, 5.41) is 0. The summed E-state index contributed by atoms with van der Waals surface area (Å²) in [7, 11) is 3.54. The highest BCUT2D eigenvalue weighted by Gasteiger charge is 2.26. The molecule has 4 heteroatoms. The Kier molecular flexibility index (Phi) is 5.71. The van der Waals surface area contributed by atoms with E-state index in [4.69, 9.17) is 4.74 Å². The minimum Gasteiger partial charge on any atom is -0.497 e. The average molecular weight is 338 g/mol. The molecule has 1 fully saturated rings. The summed E-state index contributed by atoms with van der Waals surface area (Å²) in [6.07, 6.45) is 2.03. The van der Waals surface area contributed by atoms with E-state index in [1.807, 2.05) is 36.2 Å². The van der Waals surface area contributed by atoms with Crippen molar-refractivity contribution in [1.82, 2.24) is 9.80 Å². The molecule has 1 aliphatic rings. The Bertz CT molecular complexity index is 694. The molecular weight excluding hydrogens is 312 g/mol. The van der Waals surface area contributed by atoms with E-state index in [1.54, 1.807) is 7.11 Å². The second-order valence-corrected chi connectivity index (χ2v) is 6.64. The Morgan fingerprint density at radius 3 is 2.52 bits per heavy atom. The number of methoxy groups -OCH3 is 1. The number of piperidine rings is 1. The first-order valence-corrected chi connectivity index (χ1v) is 8.85. The van der Waals surface area contributed by atoms with Gasteiger partial charge >= 0.3 is 0 Å². The number of carbonyl (C=O) groups excluding carboxylic acids is 1. The van der Waals surface area contributed by atoms with Crippen LogP contribution in [0.25, 0.3) is 0 Å². The highest BCUT2D eigenvalue weighted by Crippen LogP contribution is 2.20. The third-order valence-corrected chi connectivity index (χ3v) is 4.99. The molecule has 1 saturated heterocycles. The average Bonchev–Trinajstić information content (AvgIpc) is 2.68. The van der Waals surface area contributed by atoms with Gasteiger partial charge in [-0.3, -0.25) is 9.69 Å². The van der Waals surface area contributed by atoms with E-state index in [-0.39, 0.29) is 5.91 Å². The molecule has 4 nitrogen and oxygen atoms in total. The highest BCUT2D eigenvalue weighted by molar-refractivity contribution is 5.94. The van der Waals surface area contributed by atoms with Gasteiger partial charge in [-0.2, -0.15) is 0 Å². The number of likely N-dealkylation sites (tertiary alicyclic amines) is 1. The predicted octanol–water partition coefficient (Wildman–Crippen LogP) is 3.43. The first-order valence-electron chi connectivity index (χ1n) is 8.85. The van der Waals surface area contributed by atoms with Crippen LogP contribution in [0.4, 0.5) is 0 Å². The normalized spacial score (nSPS) is 15.8. The number of hydrogen-bond donors (Lipinski definition) is 0. The minimum absolute atomic E-state index is 0.0698. The number of hydrogen-bond acceptors (Lipinski definition) is 3. The van der Waals surface area contributed by atoms with E-state index in [2.05, 4.69) is 35.2 Å². The van der Waals surface area contributed by atoms with Gasteiger partial charge in [0.1, 0.15) is 5.75 Å². The number of ether oxygens (including phenoxy) is 1. The Morgan fingerprint density at radius 2 is 1.84 bits per heavy atom. The number of rotatable bonds is 5. The number of nitrogens with zero attached hydrogens (tertiary/aromatic N) is 2. The lowest BCUT2D eigenvalue weighted by Gasteiger charge is -2.36. The molecule has 0 atom stereocenters. The van der Waals surface area contributed by atoms with Gasteiger partial charge in [0, 0.05) is 38.3 Å². The van der Waals surface area contributed by atoms with Crippen LogP contribution in [0.1, 0.15) is 28.8 Å². The molecule has 2 aromatic rings. The Labute approximate surface area is 150 Å². The third-order valence-electron chi connectivity index (χ3n) is 4.99.